The lowest BCUT2D eigenvalue weighted by Gasteiger charge is -2.13. The SMILES string of the molecule is CC(=O)Nc1nc(C(=O)OCN2C(=O)c3ccccc3C2=O)cs1. The Hall–Kier alpha value is -3.07. The maximum Gasteiger partial charge on any atom is 0.359 e. The molecule has 1 N–H and O–H groups in total. The van der Waals surface area contributed by atoms with E-state index in [4.69, 9.17) is 4.74 Å². The van der Waals surface area contributed by atoms with Crippen LogP contribution in [-0.2, 0) is 9.53 Å². The molecule has 122 valence electrons. The summed E-state index contributed by atoms with van der Waals surface area (Å²) in [6, 6.07) is 6.38. The average Bonchev–Trinajstić information content (AvgIpc) is 3.10. The van der Waals surface area contributed by atoms with Gasteiger partial charge in [-0.2, -0.15) is 0 Å². The molecule has 0 spiro atoms. The number of ether oxygens (including phenoxy) is 1. The number of carbonyl (C=O) groups is 4. The number of nitrogens with zero attached hydrogens (tertiary/aromatic N) is 2. The fraction of sp³-hybridized carbons (Fsp3) is 0.133. The molecule has 1 aromatic carbocycles. The fourth-order valence-electron chi connectivity index (χ4n) is 2.13. The van der Waals surface area contributed by atoms with Crippen molar-refractivity contribution in [3.8, 4) is 0 Å². The molecule has 0 atom stereocenters. The van der Waals surface area contributed by atoms with Gasteiger partial charge in [0.25, 0.3) is 11.8 Å². The zero-order valence-electron chi connectivity index (χ0n) is 12.4. The van der Waals surface area contributed by atoms with E-state index in [2.05, 4.69) is 10.3 Å². The van der Waals surface area contributed by atoms with E-state index in [0.29, 0.717) is 0 Å². The smallest absolute Gasteiger partial charge is 0.359 e. The summed E-state index contributed by atoms with van der Waals surface area (Å²) in [5, 5.41) is 4.12. The monoisotopic (exact) mass is 345 g/mol. The van der Waals surface area contributed by atoms with Crippen molar-refractivity contribution in [2.24, 2.45) is 0 Å². The van der Waals surface area contributed by atoms with Crippen molar-refractivity contribution < 1.29 is 23.9 Å². The highest BCUT2D eigenvalue weighted by Gasteiger charge is 2.35. The van der Waals surface area contributed by atoms with Crippen molar-refractivity contribution in [2.75, 3.05) is 12.0 Å². The number of amides is 3. The van der Waals surface area contributed by atoms with E-state index in [1.807, 2.05) is 0 Å². The summed E-state index contributed by atoms with van der Waals surface area (Å²) in [6.07, 6.45) is 0. The highest BCUT2D eigenvalue weighted by atomic mass is 32.1. The predicted octanol–water partition coefficient (Wildman–Crippen LogP) is 1.51. The highest BCUT2D eigenvalue weighted by molar-refractivity contribution is 7.14. The van der Waals surface area contributed by atoms with Gasteiger partial charge in [-0.1, -0.05) is 12.1 Å². The van der Waals surface area contributed by atoms with Crippen molar-refractivity contribution in [3.05, 3.63) is 46.5 Å². The average molecular weight is 345 g/mol. The number of hydrogen-bond donors (Lipinski definition) is 1. The third-order valence-corrected chi connectivity index (χ3v) is 3.96. The van der Waals surface area contributed by atoms with Gasteiger partial charge < -0.3 is 10.1 Å². The summed E-state index contributed by atoms with van der Waals surface area (Å²) in [5.41, 5.74) is 0.542. The Balaban J connectivity index is 1.65. The van der Waals surface area contributed by atoms with Crippen LogP contribution in [0.3, 0.4) is 0 Å². The van der Waals surface area contributed by atoms with Crippen molar-refractivity contribution in [2.45, 2.75) is 6.92 Å². The Morgan fingerprint density at radius 2 is 1.83 bits per heavy atom. The predicted molar refractivity (Wildman–Crippen MR) is 83.6 cm³/mol. The molecule has 24 heavy (non-hydrogen) atoms. The van der Waals surface area contributed by atoms with Crippen LogP contribution in [0, 0.1) is 0 Å². The molecule has 1 aliphatic rings. The summed E-state index contributed by atoms with van der Waals surface area (Å²) in [6.45, 7) is 0.819. The molecule has 3 amide bonds. The number of anilines is 1. The molecule has 1 aliphatic heterocycles. The molecule has 9 heteroatoms. The molecule has 2 heterocycles. The zero-order valence-corrected chi connectivity index (χ0v) is 13.3. The third kappa shape index (κ3) is 2.88. The number of aromatic nitrogens is 1. The number of imide groups is 1. The molecule has 0 bridgehead atoms. The van der Waals surface area contributed by atoms with Gasteiger partial charge in [0.1, 0.15) is 0 Å². The van der Waals surface area contributed by atoms with Crippen LogP contribution in [0.5, 0.6) is 0 Å². The van der Waals surface area contributed by atoms with Crippen LogP contribution in [0.15, 0.2) is 29.6 Å². The summed E-state index contributed by atoms with van der Waals surface area (Å²) in [4.78, 5) is 51.9. The first-order chi connectivity index (χ1) is 11.5. The summed E-state index contributed by atoms with van der Waals surface area (Å²) in [7, 11) is 0. The van der Waals surface area contributed by atoms with Gasteiger partial charge in [0.05, 0.1) is 11.1 Å². The zero-order chi connectivity index (χ0) is 17.3. The summed E-state index contributed by atoms with van der Waals surface area (Å²) < 4.78 is 4.98. The van der Waals surface area contributed by atoms with Crippen LogP contribution < -0.4 is 5.32 Å². The van der Waals surface area contributed by atoms with Gasteiger partial charge in [-0.15, -0.1) is 11.3 Å². The van der Waals surface area contributed by atoms with Gasteiger partial charge in [0.2, 0.25) is 5.91 Å². The fourth-order valence-corrected chi connectivity index (χ4v) is 2.85. The van der Waals surface area contributed by atoms with Crippen LogP contribution in [-0.4, -0.2) is 40.3 Å². The van der Waals surface area contributed by atoms with E-state index in [9.17, 15) is 19.2 Å². The van der Waals surface area contributed by atoms with Gasteiger partial charge in [-0.05, 0) is 12.1 Å². The van der Waals surface area contributed by atoms with Gasteiger partial charge in [-0.25, -0.2) is 14.7 Å². The first-order valence-electron chi connectivity index (χ1n) is 6.83. The van der Waals surface area contributed by atoms with Gasteiger partial charge >= 0.3 is 5.97 Å². The number of thiazole rings is 1. The first kappa shape index (κ1) is 15.8. The second-order valence-electron chi connectivity index (χ2n) is 4.86. The molecule has 0 aliphatic carbocycles. The third-order valence-electron chi connectivity index (χ3n) is 3.20. The quantitative estimate of drug-likeness (QED) is 0.665. The Bertz CT molecular complexity index is 825. The van der Waals surface area contributed by atoms with Crippen LogP contribution in [0.4, 0.5) is 5.13 Å². The van der Waals surface area contributed by atoms with Crippen LogP contribution in [0.25, 0.3) is 0 Å². The Morgan fingerprint density at radius 1 is 1.21 bits per heavy atom. The van der Waals surface area contributed by atoms with Crippen molar-refractivity contribution >= 4 is 40.2 Å². The van der Waals surface area contributed by atoms with E-state index in [1.54, 1.807) is 12.1 Å². The maximum absolute atomic E-state index is 12.1. The molecule has 3 rings (SSSR count). The number of nitrogens with one attached hydrogen (secondary N) is 1. The molecular formula is C15H11N3O5S. The lowest BCUT2D eigenvalue weighted by Crippen LogP contribution is -2.33. The van der Waals surface area contributed by atoms with Crippen molar-refractivity contribution in [3.63, 3.8) is 0 Å². The molecule has 0 unspecified atom stereocenters. The number of hydrogen-bond acceptors (Lipinski definition) is 7. The highest BCUT2D eigenvalue weighted by Crippen LogP contribution is 2.22. The number of rotatable bonds is 4. The minimum atomic E-state index is -0.792. The summed E-state index contributed by atoms with van der Waals surface area (Å²) >= 11 is 1.06. The van der Waals surface area contributed by atoms with Crippen molar-refractivity contribution in [1.29, 1.82) is 0 Å². The van der Waals surface area contributed by atoms with Gasteiger partial charge in [0, 0.05) is 12.3 Å². The van der Waals surface area contributed by atoms with Crippen LogP contribution in [0.2, 0.25) is 0 Å². The van der Waals surface area contributed by atoms with Crippen LogP contribution in [0.1, 0.15) is 38.1 Å². The Labute approximate surface area is 140 Å². The van der Waals surface area contributed by atoms with Gasteiger partial charge in [-0.3, -0.25) is 14.4 Å². The molecule has 1 aromatic heterocycles. The molecular weight excluding hydrogens is 334 g/mol. The van der Waals surface area contributed by atoms with Crippen LogP contribution >= 0.6 is 11.3 Å². The summed E-state index contributed by atoms with van der Waals surface area (Å²) in [5.74, 6) is -2.13. The number of esters is 1. The second kappa shape index (κ2) is 6.20. The molecule has 0 fully saturated rings. The minimum Gasteiger partial charge on any atom is -0.439 e. The largest absolute Gasteiger partial charge is 0.439 e. The standard InChI is InChI=1S/C15H11N3O5S/c1-8(19)16-15-17-11(6-24-15)14(22)23-7-18-12(20)9-4-2-3-5-10(9)13(18)21/h2-6H,7H2,1H3,(H,16,17,19). The maximum atomic E-state index is 12.1. The molecule has 0 saturated carbocycles. The van der Waals surface area contributed by atoms with E-state index in [1.165, 1.54) is 24.4 Å². The molecule has 2 aromatic rings. The topological polar surface area (TPSA) is 106 Å². The first-order valence-corrected chi connectivity index (χ1v) is 7.71. The lowest BCUT2D eigenvalue weighted by molar-refractivity contribution is -0.114. The second-order valence-corrected chi connectivity index (χ2v) is 5.72. The Morgan fingerprint density at radius 3 is 2.42 bits per heavy atom. The van der Waals surface area contributed by atoms with Gasteiger partial charge in [0.15, 0.2) is 17.6 Å². The molecule has 8 nitrogen and oxygen atoms in total. The molecule has 0 saturated heterocycles. The van der Waals surface area contributed by atoms with E-state index >= 15 is 0 Å². The number of carbonyl (C=O) groups excluding carboxylic acids is 4. The molecule has 0 radical (unpaired) electrons. The number of benzene rings is 1. The van der Waals surface area contributed by atoms with Crippen molar-refractivity contribution in [1.82, 2.24) is 9.88 Å². The number of fused-ring (bicyclic) bond motifs is 1. The van der Waals surface area contributed by atoms with E-state index < -0.39 is 24.5 Å². The normalized spacial score (nSPS) is 13.0. The lowest BCUT2D eigenvalue weighted by atomic mass is 10.1. The van der Waals surface area contributed by atoms with E-state index in [0.717, 1.165) is 16.2 Å². The minimum absolute atomic E-state index is 0.0136. The Kier molecular flexibility index (Phi) is 4.09. The van der Waals surface area contributed by atoms with E-state index in [-0.39, 0.29) is 27.9 Å².